The lowest BCUT2D eigenvalue weighted by Gasteiger charge is -1.96. The second-order valence-electron chi connectivity index (χ2n) is 3.21. The van der Waals surface area contributed by atoms with Crippen LogP contribution in [0.2, 0.25) is 0 Å². The molecule has 0 unspecified atom stereocenters. The Morgan fingerprint density at radius 3 is 2.58 bits per heavy atom. The Morgan fingerprint density at radius 2 is 2.08 bits per heavy atom. The van der Waals surface area contributed by atoms with Crippen LogP contribution in [0.5, 0.6) is 0 Å². The van der Waals surface area contributed by atoms with Crippen molar-refractivity contribution in [3.63, 3.8) is 0 Å². The molecule has 1 fully saturated rings. The quantitative estimate of drug-likeness (QED) is 0.628. The monoisotopic (exact) mass is 162 g/mol. The molecule has 0 spiro atoms. The number of carbonyl (C=O) groups is 1. The molecule has 62 valence electrons. The summed E-state index contributed by atoms with van der Waals surface area (Å²) in [5, 5.41) is 0. The molecule has 1 heterocycles. The molecule has 1 aromatic heterocycles. The SMILES string of the molecule is O=Cc1ncc(CC2CC2)cn1. The predicted octanol–water partition coefficient (Wildman–Crippen LogP) is 1.24. The third kappa shape index (κ3) is 1.67. The largest absolute Gasteiger partial charge is 0.294 e. The van der Waals surface area contributed by atoms with Gasteiger partial charge < -0.3 is 0 Å². The molecule has 0 atom stereocenters. The van der Waals surface area contributed by atoms with Gasteiger partial charge in [-0.05, 0) is 30.7 Å². The average Bonchev–Trinajstić information content (AvgIpc) is 2.90. The van der Waals surface area contributed by atoms with Gasteiger partial charge in [-0.1, -0.05) is 0 Å². The normalized spacial score (nSPS) is 16.0. The molecule has 3 nitrogen and oxygen atoms in total. The first-order valence-corrected chi connectivity index (χ1v) is 4.14. The summed E-state index contributed by atoms with van der Waals surface area (Å²) in [6.45, 7) is 0. The molecular formula is C9H10N2O. The standard InChI is InChI=1S/C9H10N2O/c12-6-9-10-4-8(5-11-9)3-7-1-2-7/h4-7H,1-3H2. The summed E-state index contributed by atoms with van der Waals surface area (Å²) in [5.41, 5.74) is 1.14. The Bertz CT molecular complexity index is 277. The Balaban J connectivity index is 2.07. The zero-order chi connectivity index (χ0) is 8.39. The first-order valence-electron chi connectivity index (χ1n) is 4.14. The minimum atomic E-state index is 0.273. The van der Waals surface area contributed by atoms with Crippen molar-refractivity contribution in [3.8, 4) is 0 Å². The van der Waals surface area contributed by atoms with Crippen LogP contribution in [0.1, 0.15) is 29.0 Å². The smallest absolute Gasteiger partial charge is 0.192 e. The maximum absolute atomic E-state index is 10.2. The van der Waals surface area contributed by atoms with E-state index in [0.29, 0.717) is 6.29 Å². The van der Waals surface area contributed by atoms with Gasteiger partial charge in [0.2, 0.25) is 0 Å². The minimum absolute atomic E-state index is 0.273. The fourth-order valence-corrected chi connectivity index (χ4v) is 1.19. The fourth-order valence-electron chi connectivity index (χ4n) is 1.19. The molecule has 0 aromatic carbocycles. The second-order valence-corrected chi connectivity index (χ2v) is 3.21. The van der Waals surface area contributed by atoms with Gasteiger partial charge >= 0.3 is 0 Å². The molecule has 12 heavy (non-hydrogen) atoms. The highest BCUT2D eigenvalue weighted by molar-refractivity contribution is 5.68. The van der Waals surface area contributed by atoms with Crippen molar-refractivity contribution >= 4 is 6.29 Å². The van der Waals surface area contributed by atoms with Crippen LogP contribution >= 0.6 is 0 Å². The highest BCUT2D eigenvalue weighted by Gasteiger charge is 2.21. The Hall–Kier alpha value is -1.25. The van der Waals surface area contributed by atoms with Gasteiger partial charge in [-0.3, -0.25) is 4.79 Å². The van der Waals surface area contributed by atoms with Crippen LogP contribution in [0.3, 0.4) is 0 Å². The molecule has 0 N–H and O–H groups in total. The van der Waals surface area contributed by atoms with E-state index in [-0.39, 0.29) is 5.82 Å². The minimum Gasteiger partial charge on any atom is -0.294 e. The number of hydrogen-bond acceptors (Lipinski definition) is 3. The van der Waals surface area contributed by atoms with E-state index < -0.39 is 0 Å². The van der Waals surface area contributed by atoms with Gasteiger partial charge in [0.25, 0.3) is 0 Å². The van der Waals surface area contributed by atoms with Crippen molar-refractivity contribution < 1.29 is 4.79 Å². The summed E-state index contributed by atoms with van der Waals surface area (Å²) in [6, 6.07) is 0. The van der Waals surface area contributed by atoms with Gasteiger partial charge in [-0.15, -0.1) is 0 Å². The van der Waals surface area contributed by atoms with Crippen LogP contribution in [-0.4, -0.2) is 16.3 Å². The molecule has 1 aromatic rings. The lowest BCUT2D eigenvalue weighted by Crippen LogP contribution is -1.95. The summed E-state index contributed by atoms with van der Waals surface area (Å²) in [5.74, 6) is 1.12. The van der Waals surface area contributed by atoms with Gasteiger partial charge in [0, 0.05) is 12.4 Å². The van der Waals surface area contributed by atoms with Gasteiger partial charge in [0.05, 0.1) is 0 Å². The second kappa shape index (κ2) is 3.01. The van der Waals surface area contributed by atoms with Gasteiger partial charge in [-0.2, -0.15) is 0 Å². The van der Waals surface area contributed by atoms with E-state index in [9.17, 15) is 4.79 Å². The van der Waals surface area contributed by atoms with E-state index in [2.05, 4.69) is 9.97 Å². The van der Waals surface area contributed by atoms with Crippen LogP contribution in [0.15, 0.2) is 12.4 Å². The lowest BCUT2D eigenvalue weighted by atomic mass is 10.2. The summed E-state index contributed by atoms with van der Waals surface area (Å²) >= 11 is 0. The van der Waals surface area contributed by atoms with Crippen LogP contribution in [0, 0.1) is 5.92 Å². The van der Waals surface area contributed by atoms with Crippen LogP contribution in [-0.2, 0) is 6.42 Å². The molecule has 2 rings (SSSR count). The maximum Gasteiger partial charge on any atom is 0.192 e. The molecule has 0 radical (unpaired) electrons. The van der Waals surface area contributed by atoms with Crippen LogP contribution < -0.4 is 0 Å². The van der Waals surface area contributed by atoms with Crippen molar-refractivity contribution in [2.24, 2.45) is 5.92 Å². The molecule has 0 amide bonds. The van der Waals surface area contributed by atoms with Crippen molar-refractivity contribution in [2.45, 2.75) is 19.3 Å². The summed E-state index contributed by atoms with van der Waals surface area (Å²) in [4.78, 5) is 18.0. The Labute approximate surface area is 70.9 Å². The first-order chi connectivity index (χ1) is 5.88. The van der Waals surface area contributed by atoms with Gasteiger partial charge in [-0.25, -0.2) is 9.97 Å². The van der Waals surface area contributed by atoms with E-state index in [1.54, 1.807) is 12.4 Å². The number of aldehydes is 1. The maximum atomic E-state index is 10.2. The van der Waals surface area contributed by atoms with Gasteiger partial charge in [0.1, 0.15) is 0 Å². The van der Waals surface area contributed by atoms with Crippen molar-refractivity contribution in [1.82, 2.24) is 9.97 Å². The molecular weight excluding hydrogens is 152 g/mol. The first kappa shape index (κ1) is 7.40. The average molecular weight is 162 g/mol. The van der Waals surface area contributed by atoms with E-state index in [4.69, 9.17) is 0 Å². The highest BCUT2D eigenvalue weighted by Crippen LogP contribution is 2.32. The molecule has 3 heteroatoms. The molecule has 1 saturated carbocycles. The van der Waals surface area contributed by atoms with Gasteiger partial charge in [0.15, 0.2) is 12.1 Å². The zero-order valence-corrected chi connectivity index (χ0v) is 6.73. The molecule has 1 aliphatic rings. The topological polar surface area (TPSA) is 42.9 Å². The van der Waals surface area contributed by atoms with E-state index in [1.807, 2.05) is 0 Å². The zero-order valence-electron chi connectivity index (χ0n) is 6.73. The molecule has 0 bridgehead atoms. The number of aromatic nitrogens is 2. The third-order valence-corrected chi connectivity index (χ3v) is 2.05. The molecule has 0 aliphatic heterocycles. The molecule has 0 saturated heterocycles. The van der Waals surface area contributed by atoms with E-state index >= 15 is 0 Å². The predicted molar refractivity (Wildman–Crippen MR) is 43.8 cm³/mol. The number of nitrogens with zero attached hydrogens (tertiary/aromatic N) is 2. The highest BCUT2D eigenvalue weighted by atomic mass is 16.1. The fraction of sp³-hybridized carbons (Fsp3) is 0.444. The number of carbonyl (C=O) groups excluding carboxylic acids is 1. The summed E-state index contributed by atoms with van der Waals surface area (Å²) in [7, 11) is 0. The number of hydrogen-bond donors (Lipinski definition) is 0. The van der Waals surface area contributed by atoms with E-state index in [0.717, 1.165) is 17.9 Å². The van der Waals surface area contributed by atoms with Crippen LogP contribution in [0.4, 0.5) is 0 Å². The number of rotatable bonds is 3. The lowest BCUT2D eigenvalue weighted by molar-refractivity contribution is 0.111. The van der Waals surface area contributed by atoms with Crippen LogP contribution in [0.25, 0.3) is 0 Å². The van der Waals surface area contributed by atoms with Crippen molar-refractivity contribution in [1.29, 1.82) is 0 Å². The summed E-state index contributed by atoms with van der Waals surface area (Å²) in [6.07, 6.45) is 7.88. The third-order valence-electron chi connectivity index (χ3n) is 2.05. The Morgan fingerprint density at radius 1 is 1.42 bits per heavy atom. The Kier molecular flexibility index (Phi) is 1.86. The van der Waals surface area contributed by atoms with E-state index in [1.165, 1.54) is 12.8 Å². The summed E-state index contributed by atoms with van der Waals surface area (Å²) < 4.78 is 0. The molecule has 1 aliphatic carbocycles. The van der Waals surface area contributed by atoms with Crippen molar-refractivity contribution in [2.75, 3.05) is 0 Å². The van der Waals surface area contributed by atoms with Crippen molar-refractivity contribution in [3.05, 3.63) is 23.8 Å².